The number of thioether (sulfide) groups is 1. The number of nitrogens with one attached hydrogen (secondary N) is 1. The Kier molecular flexibility index (Phi) is 5.78. The monoisotopic (exact) mass is 307 g/mol. The molecule has 0 aliphatic heterocycles. The van der Waals surface area contributed by atoms with Gasteiger partial charge in [0.05, 0.1) is 10.0 Å². The van der Waals surface area contributed by atoms with E-state index in [1.165, 1.54) is 18.7 Å². The Balaban J connectivity index is 2.64. The van der Waals surface area contributed by atoms with E-state index >= 15 is 0 Å². The fourth-order valence-electron chi connectivity index (χ4n) is 1.17. The Hall–Kier alpha value is -0.910. The third kappa shape index (κ3) is 4.76. The molecule has 4 nitrogen and oxygen atoms in total. The van der Waals surface area contributed by atoms with E-state index in [1.807, 2.05) is 0 Å². The first-order valence-electron chi connectivity index (χ1n) is 4.98. The summed E-state index contributed by atoms with van der Waals surface area (Å²) < 4.78 is 0. The largest absolute Gasteiger partial charge is 0.480 e. The lowest BCUT2D eigenvalue weighted by molar-refractivity contribution is -0.140. The van der Waals surface area contributed by atoms with Gasteiger partial charge < -0.3 is 10.4 Å². The van der Waals surface area contributed by atoms with Crippen LogP contribution in [0.2, 0.25) is 10.0 Å². The SMILES string of the molecule is CC(=O)N[C@@H](CSc1ccc(Cl)c(Cl)c1)C(=O)O. The number of halogens is 2. The summed E-state index contributed by atoms with van der Waals surface area (Å²) in [5.41, 5.74) is 0. The molecule has 98 valence electrons. The molecule has 0 heterocycles. The predicted octanol–water partition coefficient (Wildman–Crippen LogP) is 2.67. The molecule has 1 aromatic rings. The Morgan fingerprint density at radius 2 is 2.06 bits per heavy atom. The first-order chi connectivity index (χ1) is 8.40. The van der Waals surface area contributed by atoms with Gasteiger partial charge in [-0.3, -0.25) is 4.79 Å². The molecule has 0 fully saturated rings. The van der Waals surface area contributed by atoms with E-state index in [-0.39, 0.29) is 11.7 Å². The van der Waals surface area contributed by atoms with E-state index < -0.39 is 12.0 Å². The molecule has 0 unspecified atom stereocenters. The average molecular weight is 308 g/mol. The van der Waals surface area contributed by atoms with Crippen LogP contribution in [0.1, 0.15) is 6.92 Å². The van der Waals surface area contributed by atoms with Gasteiger partial charge in [-0.1, -0.05) is 23.2 Å². The van der Waals surface area contributed by atoms with E-state index in [2.05, 4.69) is 5.32 Å². The molecule has 18 heavy (non-hydrogen) atoms. The van der Waals surface area contributed by atoms with Crippen molar-refractivity contribution in [2.45, 2.75) is 17.9 Å². The van der Waals surface area contributed by atoms with Gasteiger partial charge in [0.15, 0.2) is 0 Å². The highest BCUT2D eigenvalue weighted by atomic mass is 35.5. The summed E-state index contributed by atoms with van der Waals surface area (Å²) >= 11 is 12.9. The quantitative estimate of drug-likeness (QED) is 0.821. The third-order valence-corrected chi connectivity index (χ3v) is 3.81. The Morgan fingerprint density at radius 3 is 2.56 bits per heavy atom. The second kappa shape index (κ2) is 6.87. The lowest BCUT2D eigenvalue weighted by atomic mass is 10.3. The molecule has 0 spiro atoms. The van der Waals surface area contributed by atoms with Crippen LogP contribution in [0.4, 0.5) is 0 Å². The van der Waals surface area contributed by atoms with Gasteiger partial charge in [-0.15, -0.1) is 11.8 Å². The van der Waals surface area contributed by atoms with Crippen molar-refractivity contribution >= 4 is 46.8 Å². The predicted molar refractivity (Wildman–Crippen MR) is 72.4 cm³/mol. The second-order valence-corrected chi connectivity index (χ2v) is 5.39. The molecule has 0 bridgehead atoms. The summed E-state index contributed by atoms with van der Waals surface area (Å²) in [6, 6.07) is 4.11. The Bertz CT molecular complexity index is 468. The summed E-state index contributed by atoms with van der Waals surface area (Å²) in [6.45, 7) is 1.28. The molecular weight excluding hydrogens is 297 g/mol. The van der Waals surface area contributed by atoms with Crippen LogP contribution in [0.5, 0.6) is 0 Å². The van der Waals surface area contributed by atoms with Crippen molar-refractivity contribution in [2.24, 2.45) is 0 Å². The third-order valence-electron chi connectivity index (χ3n) is 1.98. The van der Waals surface area contributed by atoms with Crippen molar-refractivity contribution < 1.29 is 14.7 Å². The molecule has 0 aliphatic rings. The van der Waals surface area contributed by atoms with Gasteiger partial charge in [0, 0.05) is 17.6 Å². The maximum atomic E-state index is 10.9. The van der Waals surface area contributed by atoms with E-state index in [4.69, 9.17) is 28.3 Å². The zero-order valence-corrected chi connectivity index (χ0v) is 11.8. The molecule has 1 aromatic carbocycles. The molecule has 1 rings (SSSR count). The van der Waals surface area contributed by atoms with E-state index in [9.17, 15) is 9.59 Å². The Labute approximate surface area is 119 Å². The summed E-state index contributed by atoms with van der Waals surface area (Å²) in [6.07, 6.45) is 0. The van der Waals surface area contributed by atoms with Gasteiger partial charge in [-0.2, -0.15) is 0 Å². The molecule has 0 aromatic heterocycles. The van der Waals surface area contributed by atoms with Crippen molar-refractivity contribution in [3.05, 3.63) is 28.2 Å². The number of rotatable bonds is 5. The first-order valence-corrected chi connectivity index (χ1v) is 6.72. The number of carboxylic acids is 1. The maximum absolute atomic E-state index is 10.9. The minimum absolute atomic E-state index is 0.215. The normalized spacial score (nSPS) is 11.9. The standard InChI is InChI=1S/C11H11Cl2NO3S/c1-6(15)14-10(11(16)17)5-18-7-2-3-8(12)9(13)4-7/h2-4,10H,5H2,1H3,(H,14,15)(H,16,17)/t10-/m0/s1. The molecule has 0 saturated heterocycles. The van der Waals surface area contributed by atoms with Crippen LogP contribution in [-0.2, 0) is 9.59 Å². The number of carbonyl (C=O) groups is 2. The minimum Gasteiger partial charge on any atom is -0.480 e. The lowest BCUT2D eigenvalue weighted by Gasteiger charge is -2.12. The van der Waals surface area contributed by atoms with Crippen molar-refractivity contribution in [1.82, 2.24) is 5.32 Å². The summed E-state index contributed by atoms with van der Waals surface area (Å²) in [5.74, 6) is -1.23. The summed E-state index contributed by atoms with van der Waals surface area (Å²) in [4.78, 5) is 22.5. The topological polar surface area (TPSA) is 66.4 Å². The van der Waals surface area contributed by atoms with Crippen LogP contribution in [0.3, 0.4) is 0 Å². The zero-order chi connectivity index (χ0) is 13.7. The highest BCUT2D eigenvalue weighted by Crippen LogP contribution is 2.28. The van der Waals surface area contributed by atoms with Crippen molar-refractivity contribution in [3.63, 3.8) is 0 Å². The fraction of sp³-hybridized carbons (Fsp3) is 0.273. The number of carbonyl (C=O) groups excluding carboxylic acids is 1. The Morgan fingerprint density at radius 1 is 1.39 bits per heavy atom. The lowest BCUT2D eigenvalue weighted by Crippen LogP contribution is -2.41. The smallest absolute Gasteiger partial charge is 0.327 e. The summed E-state index contributed by atoms with van der Waals surface area (Å²) in [7, 11) is 0. The number of amides is 1. The molecule has 1 amide bonds. The molecular formula is C11H11Cl2NO3S. The first kappa shape index (κ1) is 15.1. The highest BCUT2D eigenvalue weighted by molar-refractivity contribution is 7.99. The second-order valence-electron chi connectivity index (χ2n) is 3.48. The number of hydrogen-bond donors (Lipinski definition) is 2. The molecule has 0 aliphatic carbocycles. The van der Waals surface area contributed by atoms with Crippen molar-refractivity contribution in [2.75, 3.05) is 5.75 Å². The number of hydrogen-bond acceptors (Lipinski definition) is 3. The number of benzene rings is 1. The van der Waals surface area contributed by atoms with Crippen LogP contribution >= 0.6 is 35.0 Å². The van der Waals surface area contributed by atoms with Gasteiger partial charge >= 0.3 is 5.97 Å². The molecule has 1 atom stereocenters. The van der Waals surface area contributed by atoms with Crippen LogP contribution < -0.4 is 5.32 Å². The molecule has 2 N–H and O–H groups in total. The summed E-state index contributed by atoms with van der Waals surface area (Å²) in [5, 5.41) is 12.1. The van der Waals surface area contributed by atoms with Gasteiger partial charge in [0.25, 0.3) is 0 Å². The van der Waals surface area contributed by atoms with Gasteiger partial charge in [0.2, 0.25) is 5.91 Å². The molecule has 0 radical (unpaired) electrons. The van der Waals surface area contributed by atoms with Crippen LogP contribution in [-0.4, -0.2) is 28.8 Å². The average Bonchev–Trinajstić information content (AvgIpc) is 2.28. The number of carboxylic acid groups (broad SMARTS) is 1. The molecule has 7 heteroatoms. The van der Waals surface area contributed by atoms with Gasteiger partial charge in [-0.05, 0) is 18.2 Å². The fourth-order valence-corrected chi connectivity index (χ4v) is 2.48. The van der Waals surface area contributed by atoms with Crippen molar-refractivity contribution in [1.29, 1.82) is 0 Å². The van der Waals surface area contributed by atoms with Gasteiger partial charge in [0.1, 0.15) is 6.04 Å². The minimum atomic E-state index is -1.07. The van der Waals surface area contributed by atoms with Gasteiger partial charge in [-0.25, -0.2) is 4.79 Å². The van der Waals surface area contributed by atoms with Crippen LogP contribution in [0.25, 0.3) is 0 Å². The molecule has 0 saturated carbocycles. The number of aliphatic carboxylic acids is 1. The van der Waals surface area contributed by atoms with Crippen LogP contribution in [0, 0.1) is 0 Å². The van der Waals surface area contributed by atoms with Crippen molar-refractivity contribution in [3.8, 4) is 0 Å². The van der Waals surface area contributed by atoms with E-state index in [0.29, 0.717) is 10.0 Å². The highest BCUT2D eigenvalue weighted by Gasteiger charge is 2.18. The van der Waals surface area contributed by atoms with E-state index in [0.717, 1.165) is 4.90 Å². The van der Waals surface area contributed by atoms with Crippen LogP contribution in [0.15, 0.2) is 23.1 Å². The maximum Gasteiger partial charge on any atom is 0.327 e. The van der Waals surface area contributed by atoms with E-state index in [1.54, 1.807) is 18.2 Å². The zero-order valence-electron chi connectivity index (χ0n) is 9.44.